The molecular weight excluding hydrogens is 655 g/mol. The maximum Gasteiger partial charge on any atom is 0.143 e. The molecule has 0 amide bonds. The number of furan rings is 1. The highest BCUT2D eigenvalue weighted by Gasteiger charge is 2.23. The van der Waals surface area contributed by atoms with Crippen LogP contribution < -0.4 is 4.90 Å². The summed E-state index contributed by atoms with van der Waals surface area (Å²) in [6.07, 6.45) is 0. The Bertz CT molecular complexity index is 3610. The van der Waals surface area contributed by atoms with Crippen LogP contribution in [0.25, 0.3) is 77.2 Å². The summed E-state index contributed by atoms with van der Waals surface area (Å²) in [7, 11) is 0. The van der Waals surface area contributed by atoms with Crippen molar-refractivity contribution in [2.24, 2.45) is 0 Å². The van der Waals surface area contributed by atoms with Crippen LogP contribution in [0.5, 0.6) is 0 Å². The van der Waals surface area contributed by atoms with Crippen LogP contribution >= 0.6 is 0 Å². The molecule has 0 aliphatic rings. The normalized spacial score (nSPS) is 14.7. The first kappa shape index (κ1) is 20.8. The van der Waals surface area contributed by atoms with Gasteiger partial charge in [0.25, 0.3) is 0 Å². The summed E-state index contributed by atoms with van der Waals surface area (Å²) in [6.45, 7) is 0. The lowest BCUT2D eigenvalue weighted by Crippen LogP contribution is -2.12. The van der Waals surface area contributed by atoms with Gasteiger partial charge in [0.1, 0.15) is 11.2 Å². The van der Waals surface area contributed by atoms with Crippen molar-refractivity contribution in [3.05, 3.63) is 212 Å². The van der Waals surface area contributed by atoms with Gasteiger partial charge < -0.3 is 9.32 Å². The van der Waals surface area contributed by atoms with Crippen molar-refractivity contribution in [2.45, 2.75) is 0 Å². The average Bonchev–Trinajstić information content (AvgIpc) is 3.75. The molecule has 9 aromatic carbocycles. The van der Waals surface area contributed by atoms with Crippen LogP contribution in [0.15, 0.2) is 216 Å². The largest absolute Gasteiger partial charge is 0.455 e. The van der Waals surface area contributed by atoms with E-state index in [2.05, 4.69) is 0 Å². The van der Waals surface area contributed by atoms with E-state index in [-0.39, 0.29) is 5.69 Å². The molecule has 0 radical (unpaired) electrons. The van der Waals surface area contributed by atoms with E-state index in [9.17, 15) is 5.48 Å². The number of para-hydroxylation sites is 2. The van der Waals surface area contributed by atoms with E-state index in [1.165, 1.54) is 0 Å². The first-order chi connectivity index (χ1) is 32.2. The molecule has 2 nitrogen and oxygen atoms in total. The SMILES string of the molecule is [2H]c1c([2H])c([2H])c(-c2c([2H])c([2H])c(-c3c([2H])c([2H])c(N(c4ccccc4-c4ccccc4)c4ccccc4-c4cccc5oc6c7ccccc7ccc6c45)c([2H])c3[2H])c([2H])c2[2H])c([2H])c1[2H]. The Kier molecular flexibility index (Phi) is 5.17. The third-order valence-electron chi connectivity index (χ3n) is 9.51. The minimum Gasteiger partial charge on any atom is -0.455 e. The Hall–Kier alpha value is -7.16. The van der Waals surface area contributed by atoms with Gasteiger partial charge in [-0.3, -0.25) is 0 Å². The van der Waals surface area contributed by atoms with Crippen molar-refractivity contribution in [1.29, 1.82) is 0 Å². The van der Waals surface area contributed by atoms with Crippen LogP contribution in [-0.4, -0.2) is 0 Å². The van der Waals surface area contributed by atoms with Crippen LogP contribution in [0.3, 0.4) is 0 Å². The lowest BCUT2D eigenvalue weighted by Gasteiger charge is -2.30. The predicted molar refractivity (Wildman–Crippen MR) is 228 cm³/mol. The van der Waals surface area contributed by atoms with Crippen LogP contribution in [-0.2, 0) is 0 Å². The van der Waals surface area contributed by atoms with Gasteiger partial charge in [-0.1, -0.05) is 176 Å². The molecule has 0 fully saturated rings. The van der Waals surface area contributed by atoms with Gasteiger partial charge in [-0.2, -0.15) is 0 Å². The van der Waals surface area contributed by atoms with E-state index >= 15 is 0 Å². The molecule has 1 aromatic heterocycles. The number of hydrogen-bond donors (Lipinski definition) is 0. The van der Waals surface area contributed by atoms with Crippen LogP contribution in [0.4, 0.5) is 17.1 Å². The van der Waals surface area contributed by atoms with E-state index in [0.717, 1.165) is 38.3 Å². The Labute approximate surface area is 333 Å². The lowest BCUT2D eigenvalue weighted by molar-refractivity contribution is 0.673. The van der Waals surface area contributed by atoms with Crippen molar-refractivity contribution in [2.75, 3.05) is 4.90 Å². The summed E-state index contributed by atoms with van der Waals surface area (Å²) >= 11 is 0. The Morgan fingerprint density at radius 3 is 1.70 bits per heavy atom. The molecule has 0 aliphatic carbocycles. The number of benzene rings is 9. The molecule has 2 heteroatoms. The molecule has 54 heavy (non-hydrogen) atoms. The monoisotopic (exact) mass is 702 g/mol. The molecule has 10 rings (SSSR count). The number of hydrogen-bond acceptors (Lipinski definition) is 2. The molecule has 1 heterocycles. The number of fused-ring (bicyclic) bond motifs is 5. The molecule has 0 spiro atoms. The quantitative estimate of drug-likeness (QED) is 0.164. The zero-order chi connectivity index (χ0) is 47.2. The molecule has 0 saturated carbocycles. The minimum atomic E-state index is -0.781. The molecule has 0 aliphatic heterocycles. The van der Waals surface area contributed by atoms with Gasteiger partial charge in [0.15, 0.2) is 0 Å². The fraction of sp³-hybridized carbons (Fsp3) is 0. The molecule has 10 aromatic rings. The molecular formula is C52H35NO. The van der Waals surface area contributed by atoms with Gasteiger partial charge in [0.05, 0.1) is 29.2 Å². The number of rotatable bonds is 7. The Balaban J connectivity index is 1.25. The fourth-order valence-electron chi connectivity index (χ4n) is 7.06. The van der Waals surface area contributed by atoms with Crippen molar-refractivity contribution in [1.82, 2.24) is 0 Å². The van der Waals surface area contributed by atoms with E-state index in [1.54, 1.807) is 4.90 Å². The van der Waals surface area contributed by atoms with E-state index < -0.39 is 101 Å². The van der Waals surface area contributed by atoms with Gasteiger partial charge >= 0.3 is 0 Å². The molecule has 0 bridgehead atoms. The third kappa shape index (κ3) is 5.53. The number of anilines is 3. The number of nitrogens with zero attached hydrogens (tertiary/aromatic N) is 1. The molecule has 0 N–H and O–H groups in total. The van der Waals surface area contributed by atoms with Crippen LogP contribution in [0.2, 0.25) is 0 Å². The van der Waals surface area contributed by atoms with Crippen molar-refractivity contribution in [3.63, 3.8) is 0 Å². The molecule has 254 valence electrons. The second kappa shape index (κ2) is 13.4. The summed E-state index contributed by atoms with van der Waals surface area (Å²) < 4.78 is 123. The first-order valence-electron chi connectivity index (χ1n) is 23.9. The third-order valence-corrected chi connectivity index (χ3v) is 9.51. The smallest absolute Gasteiger partial charge is 0.143 e. The predicted octanol–water partition coefficient (Wildman–Crippen LogP) is 14.9. The first-order valence-corrected chi connectivity index (χ1v) is 17.4. The molecule has 0 unspecified atom stereocenters. The zero-order valence-corrected chi connectivity index (χ0v) is 28.6. The van der Waals surface area contributed by atoms with Gasteiger partial charge in [-0.15, -0.1) is 0 Å². The average molecular weight is 703 g/mol. The fourth-order valence-corrected chi connectivity index (χ4v) is 7.06. The standard InChI is InChI=1S/C52H35NO/c1-3-14-36(15-4-1)37-26-28-38(29-27-37)39-30-33-42(34-31-39)53(48-23-11-9-19-43(48)40-16-5-2-6-17-40)49-24-12-10-21-45(49)46-22-13-25-50-51(46)47-35-32-41-18-7-8-20-44(41)52(47)54-50/h1-35H/i1D,3D,4D,14D,15D,26D,27D,28D,29D,30D,31D,33D,34D. The summed E-state index contributed by atoms with van der Waals surface area (Å²) in [4.78, 5) is 1.69. The highest BCUT2D eigenvalue weighted by Crippen LogP contribution is 2.47. The Morgan fingerprint density at radius 1 is 0.389 bits per heavy atom. The summed E-state index contributed by atoms with van der Waals surface area (Å²) in [6, 6.07) is 33.1. The maximum atomic E-state index is 9.77. The summed E-state index contributed by atoms with van der Waals surface area (Å²) in [5.41, 5.74) is 3.03. The van der Waals surface area contributed by atoms with Crippen molar-refractivity contribution >= 4 is 49.8 Å². The van der Waals surface area contributed by atoms with Gasteiger partial charge in [0, 0.05) is 33.0 Å². The Morgan fingerprint density at radius 2 is 0.963 bits per heavy atom. The highest BCUT2D eigenvalue weighted by molar-refractivity contribution is 6.19. The van der Waals surface area contributed by atoms with Gasteiger partial charge in [0.2, 0.25) is 0 Å². The maximum absolute atomic E-state index is 9.77. The van der Waals surface area contributed by atoms with E-state index in [4.69, 9.17) is 16.8 Å². The van der Waals surface area contributed by atoms with E-state index in [1.807, 2.05) is 133 Å². The molecule has 0 atom stereocenters. The van der Waals surface area contributed by atoms with Crippen molar-refractivity contribution < 1.29 is 22.2 Å². The highest BCUT2D eigenvalue weighted by atomic mass is 16.3. The van der Waals surface area contributed by atoms with E-state index in [0.29, 0.717) is 28.1 Å². The summed E-state index contributed by atoms with van der Waals surface area (Å²) in [5.74, 6) is 0. The van der Waals surface area contributed by atoms with Crippen LogP contribution in [0.1, 0.15) is 17.8 Å². The summed E-state index contributed by atoms with van der Waals surface area (Å²) in [5, 5.41) is 3.67. The second-order valence-corrected chi connectivity index (χ2v) is 12.7. The topological polar surface area (TPSA) is 16.4 Å². The second-order valence-electron chi connectivity index (χ2n) is 12.7. The lowest BCUT2D eigenvalue weighted by atomic mass is 9.95. The molecule has 0 saturated heterocycles. The minimum absolute atomic E-state index is 0.157. The van der Waals surface area contributed by atoms with Crippen LogP contribution in [0, 0.1) is 0 Å². The van der Waals surface area contributed by atoms with Gasteiger partial charge in [-0.05, 0) is 75.1 Å². The zero-order valence-electron chi connectivity index (χ0n) is 41.6. The van der Waals surface area contributed by atoms with Gasteiger partial charge in [-0.25, -0.2) is 0 Å². The van der Waals surface area contributed by atoms with Crippen molar-refractivity contribution in [3.8, 4) is 44.5 Å².